The Balaban J connectivity index is 1.07. The monoisotopic (exact) mass is 878 g/mol. The fourth-order valence-electron chi connectivity index (χ4n) is 13.1. The van der Waals surface area contributed by atoms with E-state index in [4.69, 9.17) is 0 Å². The van der Waals surface area contributed by atoms with Crippen molar-refractivity contribution >= 4 is 110 Å². The number of hydrogen-bond acceptors (Lipinski definition) is 0. The lowest BCUT2D eigenvalue weighted by Crippen LogP contribution is -2.59. The lowest BCUT2D eigenvalue weighted by Gasteiger charge is -2.34. The molecular formula is C64H43BN4. The molecule has 0 unspecified atom stereocenters. The van der Waals surface area contributed by atoms with Crippen LogP contribution in [0, 0.1) is 0 Å². The summed E-state index contributed by atoms with van der Waals surface area (Å²) >= 11 is 0. The molecule has 6 heterocycles. The molecule has 2 aliphatic heterocycles. The third-order valence-electron chi connectivity index (χ3n) is 15.9. The highest BCUT2D eigenvalue weighted by Crippen LogP contribution is 2.47. The first-order chi connectivity index (χ1) is 33.9. The SMILES string of the molecule is CC(C)(C)c1ccc(-c2cc3c4c(c2)-n2c5ccc6c(c7ccccc7n6-c6ccccc6)c5c5cccc(c52)B4c2cccc4c5c6c7ccccc7n(-c7ccccc7)c6ccc5n-3c24)cc1. The van der Waals surface area contributed by atoms with Crippen LogP contribution in [0.5, 0.6) is 0 Å². The second kappa shape index (κ2) is 13.1. The average Bonchev–Trinajstić information content (AvgIpc) is 4.12. The number of nitrogens with zero attached hydrogens (tertiary/aromatic N) is 4. The van der Waals surface area contributed by atoms with E-state index in [0.717, 1.165) is 0 Å². The molecule has 14 aromatic rings. The van der Waals surface area contributed by atoms with Crippen LogP contribution in [-0.4, -0.2) is 25.0 Å². The van der Waals surface area contributed by atoms with Crippen molar-refractivity contribution in [2.45, 2.75) is 26.2 Å². The van der Waals surface area contributed by atoms with Crippen LogP contribution >= 0.6 is 0 Å². The van der Waals surface area contributed by atoms with Crippen LogP contribution in [0.4, 0.5) is 0 Å². The van der Waals surface area contributed by atoms with Gasteiger partial charge in [0.2, 0.25) is 0 Å². The van der Waals surface area contributed by atoms with Crippen molar-refractivity contribution in [2.24, 2.45) is 0 Å². The van der Waals surface area contributed by atoms with Gasteiger partial charge >= 0.3 is 0 Å². The molecule has 0 bridgehead atoms. The van der Waals surface area contributed by atoms with E-state index in [1.165, 1.54) is 143 Å². The largest absolute Gasteiger partial charge is 0.310 e. The summed E-state index contributed by atoms with van der Waals surface area (Å²) < 4.78 is 10.2. The highest BCUT2D eigenvalue weighted by Gasteiger charge is 2.41. The van der Waals surface area contributed by atoms with Gasteiger partial charge in [0.25, 0.3) is 6.71 Å². The Hall–Kier alpha value is -8.54. The van der Waals surface area contributed by atoms with Gasteiger partial charge in [0.15, 0.2) is 0 Å². The van der Waals surface area contributed by atoms with E-state index < -0.39 is 0 Å². The van der Waals surface area contributed by atoms with Crippen molar-refractivity contribution in [1.82, 2.24) is 18.3 Å². The van der Waals surface area contributed by atoms with Crippen LogP contribution in [0.25, 0.3) is 121 Å². The molecule has 4 aromatic heterocycles. The zero-order chi connectivity index (χ0) is 45.4. The van der Waals surface area contributed by atoms with Gasteiger partial charge in [0, 0.05) is 76.9 Å². The van der Waals surface area contributed by atoms with Crippen LogP contribution in [0.1, 0.15) is 26.3 Å². The molecule has 0 atom stereocenters. The number of benzene rings is 10. The van der Waals surface area contributed by atoms with Crippen molar-refractivity contribution in [3.05, 3.63) is 212 Å². The van der Waals surface area contributed by atoms with Gasteiger partial charge in [-0.05, 0) is 111 Å². The minimum Gasteiger partial charge on any atom is -0.310 e. The fourth-order valence-corrected chi connectivity index (χ4v) is 13.1. The number of fused-ring (bicyclic) bond motifs is 18. The van der Waals surface area contributed by atoms with Crippen molar-refractivity contribution in [3.8, 4) is 33.9 Å². The number of para-hydroxylation sites is 6. The maximum Gasteiger partial charge on any atom is 0.252 e. The first-order valence-corrected chi connectivity index (χ1v) is 24.3. The van der Waals surface area contributed by atoms with E-state index in [1.54, 1.807) is 0 Å². The van der Waals surface area contributed by atoms with Crippen LogP contribution in [0.2, 0.25) is 0 Å². The van der Waals surface area contributed by atoms with Crippen molar-refractivity contribution in [2.75, 3.05) is 0 Å². The number of aromatic nitrogens is 4. The Morgan fingerprint density at radius 1 is 0.333 bits per heavy atom. The topological polar surface area (TPSA) is 19.7 Å². The number of hydrogen-bond donors (Lipinski definition) is 0. The molecule has 0 spiro atoms. The normalized spacial score (nSPS) is 13.1. The summed E-state index contributed by atoms with van der Waals surface area (Å²) in [6.07, 6.45) is 0. The molecular weight excluding hydrogens is 836 g/mol. The minimum atomic E-state index is 0.0237. The maximum atomic E-state index is 2.64. The number of rotatable bonds is 3. The summed E-state index contributed by atoms with van der Waals surface area (Å²) in [5.41, 5.74) is 22.7. The van der Waals surface area contributed by atoms with E-state index in [-0.39, 0.29) is 12.1 Å². The standard InChI is InChI=1S/C64H43BN4/c1-64(2,3)40-30-28-38(29-31-40)39-36-55-61-56(37-39)69-54-35-33-52-58(44-21-11-13-27-50(44)67(52)42-18-8-5-9-19-42)60(54)46-23-15-25-48(63(46)69)65(61)47-24-14-22-45-59-53(68(55)62(45)47)34-32-51-57(59)43-20-10-12-26-49(43)66(51)41-16-6-4-7-17-41/h4-37H,1-3H3. The first kappa shape index (κ1) is 37.5. The summed E-state index contributed by atoms with van der Waals surface area (Å²) in [5.74, 6) is 0. The smallest absolute Gasteiger partial charge is 0.252 e. The Kier molecular flexibility index (Phi) is 7.14. The summed E-state index contributed by atoms with van der Waals surface area (Å²) in [5, 5.41) is 10.4. The molecule has 0 saturated carbocycles. The Bertz CT molecular complexity index is 4300. The summed E-state index contributed by atoms with van der Waals surface area (Å²) in [6.45, 7) is 6.92. The van der Waals surface area contributed by atoms with E-state index in [9.17, 15) is 0 Å². The quantitative estimate of drug-likeness (QED) is 0.158. The third kappa shape index (κ3) is 4.74. The van der Waals surface area contributed by atoms with Crippen molar-refractivity contribution in [1.29, 1.82) is 0 Å². The van der Waals surface area contributed by atoms with Crippen LogP contribution in [-0.2, 0) is 5.41 Å². The van der Waals surface area contributed by atoms with Gasteiger partial charge in [-0.25, -0.2) is 0 Å². The Labute approximate surface area is 398 Å². The Morgan fingerprint density at radius 2 is 0.739 bits per heavy atom. The van der Waals surface area contributed by atoms with Crippen LogP contribution < -0.4 is 16.4 Å². The molecule has 5 heteroatoms. The van der Waals surface area contributed by atoms with E-state index in [2.05, 4.69) is 245 Å². The summed E-state index contributed by atoms with van der Waals surface area (Å²) in [6, 6.07) is 77.8. The Morgan fingerprint density at radius 3 is 1.20 bits per heavy atom. The molecule has 4 nitrogen and oxygen atoms in total. The molecule has 0 fully saturated rings. The highest BCUT2D eigenvalue weighted by atomic mass is 15.0. The molecule has 69 heavy (non-hydrogen) atoms. The zero-order valence-corrected chi connectivity index (χ0v) is 38.5. The third-order valence-corrected chi connectivity index (χ3v) is 15.9. The van der Waals surface area contributed by atoms with Gasteiger partial charge in [-0.1, -0.05) is 154 Å². The molecule has 0 saturated heterocycles. The second-order valence-corrected chi connectivity index (χ2v) is 20.4. The lowest BCUT2D eigenvalue weighted by atomic mass is 9.34. The average molecular weight is 879 g/mol. The van der Waals surface area contributed by atoms with Crippen molar-refractivity contribution < 1.29 is 0 Å². The lowest BCUT2D eigenvalue weighted by molar-refractivity contribution is 0.590. The molecule has 0 amide bonds. The van der Waals surface area contributed by atoms with Crippen LogP contribution in [0.15, 0.2) is 206 Å². The molecule has 0 N–H and O–H groups in total. The predicted molar refractivity (Wildman–Crippen MR) is 293 cm³/mol. The van der Waals surface area contributed by atoms with E-state index in [1.807, 2.05) is 0 Å². The zero-order valence-electron chi connectivity index (χ0n) is 38.5. The summed E-state index contributed by atoms with van der Waals surface area (Å²) in [7, 11) is 0. The van der Waals surface area contributed by atoms with Gasteiger partial charge < -0.3 is 18.3 Å². The van der Waals surface area contributed by atoms with E-state index >= 15 is 0 Å². The maximum absolute atomic E-state index is 2.64. The molecule has 2 aliphatic rings. The highest BCUT2D eigenvalue weighted by molar-refractivity contribution is 7.00. The molecule has 322 valence electrons. The predicted octanol–water partition coefficient (Wildman–Crippen LogP) is 14.2. The molecule has 10 aromatic carbocycles. The fraction of sp³-hybridized carbons (Fsp3) is 0.0625. The first-order valence-electron chi connectivity index (χ1n) is 24.3. The molecule has 0 radical (unpaired) electrons. The van der Waals surface area contributed by atoms with Gasteiger partial charge in [0.1, 0.15) is 0 Å². The van der Waals surface area contributed by atoms with Gasteiger partial charge in [-0.2, -0.15) is 0 Å². The van der Waals surface area contributed by atoms with Crippen LogP contribution in [0.3, 0.4) is 0 Å². The van der Waals surface area contributed by atoms with Gasteiger partial charge in [0.05, 0.1) is 33.1 Å². The van der Waals surface area contributed by atoms with Crippen molar-refractivity contribution in [3.63, 3.8) is 0 Å². The van der Waals surface area contributed by atoms with Gasteiger partial charge in [-0.15, -0.1) is 0 Å². The second-order valence-electron chi connectivity index (χ2n) is 20.4. The minimum absolute atomic E-state index is 0.0237. The summed E-state index contributed by atoms with van der Waals surface area (Å²) in [4.78, 5) is 0. The molecule has 16 rings (SSSR count). The van der Waals surface area contributed by atoms with E-state index in [0.29, 0.717) is 0 Å². The van der Waals surface area contributed by atoms with Gasteiger partial charge in [-0.3, -0.25) is 0 Å². The molecule has 0 aliphatic carbocycles.